The second-order valence-electron chi connectivity index (χ2n) is 12.9. The molecule has 11 aromatic rings. The molecule has 0 amide bonds. The van der Waals surface area contributed by atoms with Gasteiger partial charge in [0.25, 0.3) is 0 Å². The SMILES string of the molecule is c1ccc2c(c1)oc1ccc(-c3ccc4ccc5c(-c6ccc(-n7c8ccccc8c8ccccc87)cc6)ccc6ccc3c4c65)cc12. The Kier molecular flexibility index (Phi) is 5.14. The van der Waals surface area contributed by atoms with E-state index in [2.05, 4.69) is 156 Å². The van der Waals surface area contributed by atoms with Crippen molar-refractivity contribution in [3.05, 3.63) is 164 Å². The summed E-state index contributed by atoms with van der Waals surface area (Å²) in [5.74, 6) is 0. The minimum Gasteiger partial charge on any atom is -0.456 e. The van der Waals surface area contributed by atoms with Crippen LogP contribution in [0.3, 0.4) is 0 Å². The number of hydrogen-bond donors (Lipinski definition) is 0. The summed E-state index contributed by atoms with van der Waals surface area (Å²) in [5, 5.41) is 12.6. The standard InChI is InChI=1S/C46H27NO/c1-4-10-41-35(7-1)36-8-2-5-11-42(36)47(41)32-20-13-28(14-21-32)33-22-15-29-18-25-39-34(23-16-30-17-24-38(33)45(29)46(30)39)31-19-26-44-40(27-31)37-9-3-6-12-43(37)48-44/h1-27H. The molecular weight excluding hydrogens is 583 g/mol. The van der Waals surface area contributed by atoms with Gasteiger partial charge < -0.3 is 8.98 Å². The average molecular weight is 610 g/mol. The Labute approximate surface area is 276 Å². The van der Waals surface area contributed by atoms with E-state index in [-0.39, 0.29) is 0 Å². The number of hydrogen-bond acceptors (Lipinski definition) is 1. The minimum atomic E-state index is 0.923. The molecule has 2 nitrogen and oxygen atoms in total. The molecule has 0 bridgehead atoms. The fraction of sp³-hybridized carbons (Fsp3) is 0. The Morgan fingerprint density at radius 2 is 0.875 bits per heavy atom. The van der Waals surface area contributed by atoms with Gasteiger partial charge in [0.05, 0.1) is 11.0 Å². The summed E-state index contributed by atoms with van der Waals surface area (Å²) in [6, 6.07) is 59.7. The van der Waals surface area contributed by atoms with Crippen LogP contribution in [0.15, 0.2) is 168 Å². The number of rotatable bonds is 3. The number of fused-ring (bicyclic) bond motifs is 6. The van der Waals surface area contributed by atoms with E-state index in [1.54, 1.807) is 0 Å². The zero-order valence-corrected chi connectivity index (χ0v) is 25.9. The molecule has 2 heterocycles. The highest BCUT2D eigenvalue weighted by molar-refractivity contribution is 6.27. The molecule has 0 aliphatic heterocycles. The molecule has 0 saturated carbocycles. The molecule has 0 aliphatic carbocycles. The van der Waals surface area contributed by atoms with Crippen molar-refractivity contribution < 1.29 is 4.42 Å². The normalized spacial score (nSPS) is 12.2. The Balaban J connectivity index is 1.08. The molecular formula is C46H27NO. The van der Waals surface area contributed by atoms with E-state index in [4.69, 9.17) is 4.42 Å². The van der Waals surface area contributed by atoms with Gasteiger partial charge >= 0.3 is 0 Å². The van der Waals surface area contributed by atoms with Crippen LogP contribution in [0, 0.1) is 0 Å². The van der Waals surface area contributed by atoms with Gasteiger partial charge in [-0.25, -0.2) is 0 Å². The highest BCUT2D eigenvalue weighted by Crippen LogP contribution is 2.43. The molecule has 0 aliphatic rings. The summed E-state index contributed by atoms with van der Waals surface area (Å²) in [4.78, 5) is 0. The predicted molar refractivity (Wildman–Crippen MR) is 203 cm³/mol. The summed E-state index contributed by atoms with van der Waals surface area (Å²) in [5.41, 5.74) is 10.4. The van der Waals surface area contributed by atoms with E-state index in [0.717, 1.165) is 21.9 Å². The van der Waals surface area contributed by atoms with Crippen LogP contribution >= 0.6 is 0 Å². The van der Waals surface area contributed by atoms with Crippen molar-refractivity contribution in [2.45, 2.75) is 0 Å². The first-order chi connectivity index (χ1) is 23.8. The van der Waals surface area contributed by atoms with Gasteiger partial charge in [-0.05, 0) is 97.0 Å². The molecule has 2 heteroatoms. The topological polar surface area (TPSA) is 18.1 Å². The quantitative estimate of drug-likeness (QED) is 0.182. The van der Waals surface area contributed by atoms with Crippen LogP contribution in [-0.4, -0.2) is 4.57 Å². The second-order valence-corrected chi connectivity index (χ2v) is 12.9. The first kappa shape index (κ1) is 25.8. The number of para-hydroxylation sites is 3. The second kappa shape index (κ2) is 9.57. The van der Waals surface area contributed by atoms with Gasteiger partial charge in [-0.15, -0.1) is 0 Å². The molecule has 222 valence electrons. The molecule has 0 spiro atoms. The molecule has 0 radical (unpaired) electrons. The smallest absolute Gasteiger partial charge is 0.135 e. The molecule has 0 fully saturated rings. The highest BCUT2D eigenvalue weighted by atomic mass is 16.3. The summed E-state index contributed by atoms with van der Waals surface area (Å²) in [6.07, 6.45) is 0. The van der Waals surface area contributed by atoms with Crippen LogP contribution in [0.4, 0.5) is 0 Å². The molecule has 48 heavy (non-hydrogen) atoms. The largest absolute Gasteiger partial charge is 0.456 e. The maximum Gasteiger partial charge on any atom is 0.135 e. The Morgan fingerprint density at radius 3 is 1.54 bits per heavy atom. The lowest BCUT2D eigenvalue weighted by Gasteiger charge is -2.17. The van der Waals surface area contributed by atoms with Crippen LogP contribution in [0.1, 0.15) is 0 Å². The van der Waals surface area contributed by atoms with Crippen LogP contribution in [0.2, 0.25) is 0 Å². The molecule has 0 atom stereocenters. The van der Waals surface area contributed by atoms with E-state index in [9.17, 15) is 0 Å². The number of nitrogens with zero attached hydrogens (tertiary/aromatic N) is 1. The fourth-order valence-corrected chi connectivity index (χ4v) is 8.19. The summed E-state index contributed by atoms with van der Waals surface area (Å²) in [6.45, 7) is 0. The van der Waals surface area contributed by atoms with Gasteiger partial charge in [-0.2, -0.15) is 0 Å². The Hall–Kier alpha value is -6.38. The van der Waals surface area contributed by atoms with Gasteiger partial charge in [0.2, 0.25) is 0 Å². The third-order valence-corrected chi connectivity index (χ3v) is 10.4. The zero-order chi connectivity index (χ0) is 31.3. The zero-order valence-electron chi connectivity index (χ0n) is 25.9. The van der Waals surface area contributed by atoms with Crippen molar-refractivity contribution >= 4 is 76.1 Å². The van der Waals surface area contributed by atoms with Crippen molar-refractivity contribution in [1.82, 2.24) is 4.57 Å². The molecule has 0 saturated heterocycles. The maximum absolute atomic E-state index is 6.14. The summed E-state index contributed by atoms with van der Waals surface area (Å²) in [7, 11) is 0. The van der Waals surface area contributed by atoms with Crippen LogP contribution in [-0.2, 0) is 0 Å². The number of aromatic nitrogens is 1. The van der Waals surface area contributed by atoms with E-state index in [1.807, 2.05) is 12.1 Å². The third kappa shape index (κ3) is 3.52. The lowest BCUT2D eigenvalue weighted by atomic mass is 9.87. The molecule has 9 aromatic carbocycles. The van der Waals surface area contributed by atoms with Gasteiger partial charge in [0, 0.05) is 27.2 Å². The lowest BCUT2D eigenvalue weighted by Crippen LogP contribution is -1.94. The highest BCUT2D eigenvalue weighted by Gasteiger charge is 2.17. The van der Waals surface area contributed by atoms with Gasteiger partial charge in [0.15, 0.2) is 0 Å². The third-order valence-electron chi connectivity index (χ3n) is 10.4. The van der Waals surface area contributed by atoms with Crippen molar-refractivity contribution in [3.63, 3.8) is 0 Å². The lowest BCUT2D eigenvalue weighted by molar-refractivity contribution is 0.669. The van der Waals surface area contributed by atoms with Crippen LogP contribution < -0.4 is 0 Å². The van der Waals surface area contributed by atoms with Crippen LogP contribution in [0.5, 0.6) is 0 Å². The van der Waals surface area contributed by atoms with E-state index in [0.29, 0.717) is 0 Å². The van der Waals surface area contributed by atoms with Crippen molar-refractivity contribution in [2.24, 2.45) is 0 Å². The monoisotopic (exact) mass is 609 g/mol. The molecule has 2 aromatic heterocycles. The molecule has 0 unspecified atom stereocenters. The first-order valence-corrected chi connectivity index (χ1v) is 16.5. The van der Waals surface area contributed by atoms with Crippen molar-refractivity contribution in [1.29, 1.82) is 0 Å². The predicted octanol–water partition coefficient (Wildman–Crippen LogP) is 12.9. The van der Waals surface area contributed by atoms with E-state index < -0.39 is 0 Å². The van der Waals surface area contributed by atoms with E-state index >= 15 is 0 Å². The van der Waals surface area contributed by atoms with E-state index in [1.165, 1.54) is 82.1 Å². The first-order valence-electron chi connectivity index (χ1n) is 16.5. The number of furan rings is 1. The average Bonchev–Trinajstić information content (AvgIpc) is 3.69. The summed E-state index contributed by atoms with van der Waals surface area (Å²) < 4.78 is 8.52. The Bertz CT molecular complexity index is 3000. The minimum absolute atomic E-state index is 0.923. The van der Waals surface area contributed by atoms with Crippen LogP contribution in [0.25, 0.3) is 104 Å². The molecule has 11 rings (SSSR count). The van der Waals surface area contributed by atoms with Crippen molar-refractivity contribution in [2.75, 3.05) is 0 Å². The van der Waals surface area contributed by atoms with Crippen molar-refractivity contribution in [3.8, 4) is 27.9 Å². The summed E-state index contributed by atoms with van der Waals surface area (Å²) >= 11 is 0. The fourth-order valence-electron chi connectivity index (χ4n) is 8.19. The maximum atomic E-state index is 6.14. The van der Waals surface area contributed by atoms with Gasteiger partial charge in [0.1, 0.15) is 11.2 Å². The van der Waals surface area contributed by atoms with Gasteiger partial charge in [-0.3, -0.25) is 0 Å². The molecule has 0 N–H and O–H groups in total. The Morgan fingerprint density at radius 1 is 0.354 bits per heavy atom. The number of benzene rings is 9. The van der Waals surface area contributed by atoms with Gasteiger partial charge in [-0.1, -0.05) is 121 Å².